The molecule has 0 heterocycles. The summed E-state index contributed by atoms with van der Waals surface area (Å²) in [5, 5.41) is 0. The second-order valence-electron chi connectivity index (χ2n) is 4.30. The molecule has 2 nitrogen and oxygen atoms in total. The number of alkyl halides is 3. The third-order valence-corrected chi connectivity index (χ3v) is 3.20. The lowest BCUT2D eigenvalue weighted by molar-refractivity contribution is -0.274. The van der Waals surface area contributed by atoms with E-state index in [9.17, 15) is 18.0 Å². The van der Waals surface area contributed by atoms with Gasteiger partial charge in [-0.05, 0) is 29.8 Å². The van der Waals surface area contributed by atoms with Crippen LogP contribution in [0.4, 0.5) is 13.2 Å². The van der Waals surface area contributed by atoms with Crippen molar-refractivity contribution in [2.24, 2.45) is 0 Å². The second-order valence-corrected chi connectivity index (χ2v) is 5.22. The van der Waals surface area contributed by atoms with Crippen LogP contribution in [0.2, 0.25) is 0 Å². The lowest BCUT2D eigenvalue weighted by Gasteiger charge is -2.09. The minimum Gasteiger partial charge on any atom is -0.406 e. The Kier molecular flexibility index (Phi) is 4.67. The number of carbonyl (C=O) groups is 1. The molecule has 0 amide bonds. The Balaban J connectivity index is 2.12. The average molecular weight is 359 g/mol. The van der Waals surface area contributed by atoms with Crippen molar-refractivity contribution in [1.29, 1.82) is 0 Å². The Bertz CT molecular complexity index is 636. The van der Waals surface area contributed by atoms with Gasteiger partial charge in [-0.2, -0.15) is 0 Å². The van der Waals surface area contributed by atoms with Gasteiger partial charge in [0.1, 0.15) is 5.75 Å². The topological polar surface area (TPSA) is 26.3 Å². The molecule has 0 atom stereocenters. The molecule has 110 valence electrons. The van der Waals surface area contributed by atoms with Gasteiger partial charge in [0.2, 0.25) is 0 Å². The molecule has 0 N–H and O–H groups in total. The molecule has 2 rings (SSSR count). The number of hydrogen-bond donors (Lipinski definition) is 0. The van der Waals surface area contributed by atoms with Crippen LogP contribution in [0, 0.1) is 0 Å². The summed E-state index contributed by atoms with van der Waals surface area (Å²) in [4.78, 5) is 12.1. The molecule has 0 unspecified atom stereocenters. The number of ether oxygens (including phenoxy) is 1. The Morgan fingerprint density at radius 1 is 1.10 bits per heavy atom. The van der Waals surface area contributed by atoms with Crippen molar-refractivity contribution in [1.82, 2.24) is 0 Å². The summed E-state index contributed by atoms with van der Waals surface area (Å²) in [5.41, 5.74) is 0.963. The smallest absolute Gasteiger partial charge is 0.406 e. The Morgan fingerprint density at radius 2 is 1.76 bits per heavy atom. The zero-order chi connectivity index (χ0) is 15.5. The van der Waals surface area contributed by atoms with Gasteiger partial charge in [-0.1, -0.05) is 40.2 Å². The van der Waals surface area contributed by atoms with Gasteiger partial charge in [-0.3, -0.25) is 4.79 Å². The first-order valence-electron chi connectivity index (χ1n) is 5.97. The number of hydrogen-bond acceptors (Lipinski definition) is 2. The number of benzene rings is 2. The molecule has 0 saturated carbocycles. The minimum absolute atomic E-state index is 0.114. The fourth-order valence-electron chi connectivity index (χ4n) is 1.76. The number of Topliss-reactive ketones (excluding diaryl/α,β-unsaturated/α-hetero) is 1. The highest BCUT2D eigenvalue weighted by atomic mass is 79.9. The van der Waals surface area contributed by atoms with Crippen LogP contribution < -0.4 is 4.74 Å². The van der Waals surface area contributed by atoms with Gasteiger partial charge in [-0.15, -0.1) is 13.2 Å². The van der Waals surface area contributed by atoms with Crippen LogP contribution in [0.15, 0.2) is 53.0 Å². The van der Waals surface area contributed by atoms with E-state index in [0.717, 1.165) is 22.2 Å². The third-order valence-electron chi connectivity index (χ3n) is 2.67. The van der Waals surface area contributed by atoms with Crippen LogP contribution in [-0.2, 0) is 6.42 Å². The van der Waals surface area contributed by atoms with E-state index in [1.807, 2.05) is 0 Å². The number of ketones is 1. The van der Waals surface area contributed by atoms with Gasteiger partial charge in [0.25, 0.3) is 0 Å². The Morgan fingerprint density at radius 3 is 2.38 bits per heavy atom. The molecule has 0 aromatic heterocycles. The molecule has 0 radical (unpaired) electrons. The van der Waals surface area contributed by atoms with Crippen molar-refractivity contribution in [3.05, 3.63) is 64.1 Å². The molecule has 2 aromatic carbocycles. The minimum atomic E-state index is -4.77. The number of halogens is 4. The van der Waals surface area contributed by atoms with Crippen molar-refractivity contribution in [3.63, 3.8) is 0 Å². The molecule has 0 bridgehead atoms. The van der Waals surface area contributed by atoms with Gasteiger partial charge in [-0.25, -0.2) is 0 Å². The highest BCUT2D eigenvalue weighted by molar-refractivity contribution is 9.10. The normalized spacial score (nSPS) is 11.2. The van der Waals surface area contributed by atoms with Gasteiger partial charge in [0.05, 0.1) is 0 Å². The molecule has 0 aliphatic rings. The molecule has 0 fully saturated rings. The first kappa shape index (κ1) is 15.6. The lowest BCUT2D eigenvalue weighted by atomic mass is 10.0. The fourth-order valence-corrected chi connectivity index (χ4v) is 2.02. The van der Waals surface area contributed by atoms with E-state index in [0.29, 0.717) is 0 Å². The standard InChI is InChI=1S/C15H10BrF3O2/c16-12-6-4-10(5-7-12)8-14(20)11-2-1-3-13(9-11)21-15(17,18)19/h1-7,9H,8H2. The lowest BCUT2D eigenvalue weighted by Crippen LogP contribution is -2.17. The summed E-state index contributed by atoms with van der Waals surface area (Å²) in [7, 11) is 0. The molecule has 6 heteroatoms. The summed E-state index contributed by atoms with van der Waals surface area (Å²) < 4.78 is 41.1. The van der Waals surface area contributed by atoms with E-state index < -0.39 is 12.1 Å². The summed E-state index contributed by atoms with van der Waals surface area (Å²) in [6, 6.07) is 12.2. The van der Waals surface area contributed by atoms with Crippen LogP contribution in [0.1, 0.15) is 15.9 Å². The highest BCUT2D eigenvalue weighted by Gasteiger charge is 2.31. The maximum absolute atomic E-state index is 12.1. The van der Waals surface area contributed by atoms with E-state index in [1.165, 1.54) is 12.1 Å². The predicted octanol–water partition coefficient (Wildman–Crippen LogP) is 4.77. The fraction of sp³-hybridized carbons (Fsp3) is 0.133. The molecule has 2 aromatic rings. The number of carbonyl (C=O) groups excluding carboxylic acids is 1. The van der Waals surface area contributed by atoms with Crippen LogP contribution in [0.5, 0.6) is 5.75 Å². The van der Waals surface area contributed by atoms with E-state index in [-0.39, 0.29) is 17.8 Å². The van der Waals surface area contributed by atoms with Gasteiger partial charge in [0.15, 0.2) is 5.78 Å². The van der Waals surface area contributed by atoms with E-state index in [4.69, 9.17) is 0 Å². The zero-order valence-corrected chi connectivity index (χ0v) is 12.2. The first-order chi connectivity index (χ1) is 9.83. The summed E-state index contributed by atoms with van der Waals surface area (Å²) in [6.07, 6.45) is -4.66. The zero-order valence-electron chi connectivity index (χ0n) is 10.7. The maximum atomic E-state index is 12.1. The average Bonchev–Trinajstić information content (AvgIpc) is 2.40. The summed E-state index contributed by atoms with van der Waals surface area (Å²) in [5.74, 6) is -0.672. The summed E-state index contributed by atoms with van der Waals surface area (Å²) in [6.45, 7) is 0. The van der Waals surface area contributed by atoms with Crippen molar-refractivity contribution in [2.75, 3.05) is 0 Å². The molecule has 0 spiro atoms. The maximum Gasteiger partial charge on any atom is 0.573 e. The quantitative estimate of drug-likeness (QED) is 0.735. The van der Waals surface area contributed by atoms with Crippen LogP contribution in [0.3, 0.4) is 0 Å². The van der Waals surface area contributed by atoms with E-state index >= 15 is 0 Å². The van der Waals surface area contributed by atoms with Crippen molar-refractivity contribution < 1.29 is 22.7 Å². The highest BCUT2D eigenvalue weighted by Crippen LogP contribution is 2.24. The van der Waals surface area contributed by atoms with E-state index in [1.54, 1.807) is 24.3 Å². The SMILES string of the molecule is O=C(Cc1ccc(Br)cc1)c1cccc(OC(F)(F)F)c1. The van der Waals surface area contributed by atoms with Crippen molar-refractivity contribution >= 4 is 21.7 Å². The van der Waals surface area contributed by atoms with Gasteiger partial charge >= 0.3 is 6.36 Å². The molecular weight excluding hydrogens is 349 g/mol. The largest absolute Gasteiger partial charge is 0.573 e. The van der Waals surface area contributed by atoms with Gasteiger partial charge < -0.3 is 4.74 Å². The van der Waals surface area contributed by atoms with Crippen molar-refractivity contribution in [3.8, 4) is 5.75 Å². The second kappa shape index (κ2) is 6.30. The molecule has 0 saturated heterocycles. The molecule has 0 aliphatic carbocycles. The Hall–Kier alpha value is -1.82. The monoisotopic (exact) mass is 358 g/mol. The van der Waals surface area contributed by atoms with Crippen LogP contribution in [0.25, 0.3) is 0 Å². The molecule has 0 aliphatic heterocycles. The van der Waals surface area contributed by atoms with Gasteiger partial charge in [0, 0.05) is 16.5 Å². The predicted molar refractivity (Wildman–Crippen MR) is 75.3 cm³/mol. The summed E-state index contributed by atoms with van der Waals surface area (Å²) >= 11 is 3.29. The first-order valence-corrected chi connectivity index (χ1v) is 6.76. The Labute approximate surface area is 127 Å². The molecule has 21 heavy (non-hydrogen) atoms. The van der Waals surface area contributed by atoms with E-state index in [2.05, 4.69) is 20.7 Å². The molecular formula is C15H10BrF3O2. The van der Waals surface area contributed by atoms with Crippen molar-refractivity contribution in [2.45, 2.75) is 12.8 Å². The third kappa shape index (κ3) is 4.90. The van der Waals surface area contributed by atoms with Crippen LogP contribution in [-0.4, -0.2) is 12.1 Å². The number of rotatable bonds is 4. The van der Waals surface area contributed by atoms with Crippen LogP contribution >= 0.6 is 15.9 Å².